The molecule has 0 aliphatic carbocycles. The molecule has 0 saturated carbocycles. The van der Waals surface area contributed by atoms with Gasteiger partial charge in [0, 0.05) is 5.02 Å². The SMILES string of the molecule is OCc1nc2ccccc2n1CC(O)COc1ccc(Cl)cc1. The predicted octanol–water partition coefficient (Wildman–Crippen LogP) is 2.62. The molecule has 2 aromatic carbocycles. The molecule has 6 heteroatoms. The Morgan fingerprint density at radius 1 is 1.13 bits per heavy atom. The molecule has 0 aliphatic rings. The number of benzene rings is 2. The number of hydrogen-bond donors (Lipinski definition) is 2. The standard InChI is InChI=1S/C17H17ClN2O3/c18-12-5-7-14(8-6-12)23-11-13(22)9-20-16-4-2-1-3-15(16)19-17(20)10-21/h1-8,13,21-22H,9-11H2. The van der Waals surface area contributed by atoms with E-state index in [1.54, 1.807) is 24.3 Å². The number of aromatic nitrogens is 2. The second-order valence-corrected chi connectivity index (χ2v) is 5.64. The molecular formula is C17H17ClN2O3. The average Bonchev–Trinajstić information content (AvgIpc) is 2.92. The monoisotopic (exact) mass is 332 g/mol. The van der Waals surface area contributed by atoms with Crippen molar-refractivity contribution in [2.24, 2.45) is 0 Å². The lowest BCUT2D eigenvalue weighted by molar-refractivity contribution is 0.0915. The fourth-order valence-electron chi connectivity index (χ4n) is 2.44. The molecule has 120 valence electrons. The molecule has 0 aliphatic heterocycles. The third kappa shape index (κ3) is 3.64. The highest BCUT2D eigenvalue weighted by Gasteiger charge is 2.14. The van der Waals surface area contributed by atoms with Crippen molar-refractivity contribution >= 4 is 22.6 Å². The van der Waals surface area contributed by atoms with Gasteiger partial charge in [-0.3, -0.25) is 0 Å². The first-order valence-electron chi connectivity index (χ1n) is 7.29. The Kier molecular flexibility index (Phi) is 4.81. The third-order valence-electron chi connectivity index (χ3n) is 3.52. The van der Waals surface area contributed by atoms with Crippen LogP contribution >= 0.6 is 11.6 Å². The zero-order valence-electron chi connectivity index (χ0n) is 12.4. The van der Waals surface area contributed by atoms with Crippen LogP contribution in [0.25, 0.3) is 11.0 Å². The zero-order chi connectivity index (χ0) is 16.2. The van der Waals surface area contributed by atoms with Gasteiger partial charge in [-0.15, -0.1) is 0 Å². The number of imidazole rings is 1. The maximum absolute atomic E-state index is 10.2. The Bertz CT molecular complexity index is 786. The van der Waals surface area contributed by atoms with Crippen LogP contribution < -0.4 is 4.74 Å². The maximum atomic E-state index is 10.2. The summed E-state index contributed by atoms with van der Waals surface area (Å²) in [5.41, 5.74) is 1.67. The summed E-state index contributed by atoms with van der Waals surface area (Å²) in [4.78, 5) is 4.36. The molecule has 0 bridgehead atoms. The number of aliphatic hydroxyl groups is 2. The van der Waals surface area contributed by atoms with E-state index in [1.807, 2.05) is 28.8 Å². The predicted molar refractivity (Wildman–Crippen MR) is 88.6 cm³/mol. The Morgan fingerprint density at radius 2 is 1.87 bits per heavy atom. The van der Waals surface area contributed by atoms with E-state index in [0.29, 0.717) is 23.1 Å². The van der Waals surface area contributed by atoms with Crippen molar-refractivity contribution in [1.82, 2.24) is 9.55 Å². The summed E-state index contributed by atoms with van der Waals surface area (Å²) in [5, 5.41) is 20.3. The van der Waals surface area contributed by atoms with Crippen molar-refractivity contribution in [2.75, 3.05) is 6.61 Å². The first-order valence-corrected chi connectivity index (χ1v) is 7.66. The lowest BCUT2D eigenvalue weighted by Gasteiger charge is -2.15. The third-order valence-corrected chi connectivity index (χ3v) is 3.78. The fraction of sp³-hybridized carbons (Fsp3) is 0.235. The fourth-order valence-corrected chi connectivity index (χ4v) is 2.56. The highest BCUT2D eigenvalue weighted by atomic mass is 35.5. The molecule has 3 rings (SSSR count). The number of aliphatic hydroxyl groups excluding tert-OH is 2. The van der Waals surface area contributed by atoms with Crippen LogP contribution in [0.5, 0.6) is 5.75 Å². The van der Waals surface area contributed by atoms with Gasteiger partial charge in [-0.2, -0.15) is 0 Å². The van der Waals surface area contributed by atoms with Crippen molar-refractivity contribution in [3.63, 3.8) is 0 Å². The van der Waals surface area contributed by atoms with E-state index in [-0.39, 0.29) is 13.2 Å². The minimum atomic E-state index is -0.728. The maximum Gasteiger partial charge on any atom is 0.135 e. The first kappa shape index (κ1) is 15.8. The molecule has 23 heavy (non-hydrogen) atoms. The molecule has 1 aromatic heterocycles. The first-order chi connectivity index (χ1) is 11.2. The van der Waals surface area contributed by atoms with E-state index >= 15 is 0 Å². The van der Waals surface area contributed by atoms with Gasteiger partial charge in [0.25, 0.3) is 0 Å². The van der Waals surface area contributed by atoms with Gasteiger partial charge >= 0.3 is 0 Å². The van der Waals surface area contributed by atoms with Gasteiger partial charge in [0.2, 0.25) is 0 Å². The van der Waals surface area contributed by atoms with E-state index < -0.39 is 6.10 Å². The summed E-state index contributed by atoms with van der Waals surface area (Å²) in [6.07, 6.45) is -0.728. The summed E-state index contributed by atoms with van der Waals surface area (Å²) in [6.45, 7) is 0.252. The largest absolute Gasteiger partial charge is 0.491 e. The molecule has 1 heterocycles. The summed E-state index contributed by atoms with van der Waals surface area (Å²) < 4.78 is 7.36. The molecule has 0 amide bonds. The molecule has 0 fully saturated rings. The number of nitrogens with zero attached hydrogens (tertiary/aromatic N) is 2. The van der Waals surface area contributed by atoms with Crippen LogP contribution in [-0.4, -0.2) is 32.5 Å². The van der Waals surface area contributed by atoms with Gasteiger partial charge in [0.05, 0.1) is 17.6 Å². The average molecular weight is 333 g/mol. The quantitative estimate of drug-likeness (QED) is 0.728. The summed E-state index contributed by atoms with van der Waals surface area (Å²) in [5.74, 6) is 1.17. The molecule has 0 radical (unpaired) electrons. The smallest absolute Gasteiger partial charge is 0.135 e. The molecule has 1 unspecified atom stereocenters. The van der Waals surface area contributed by atoms with Gasteiger partial charge in [-0.05, 0) is 36.4 Å². The van der Waals surface area contributed by atoms with Crippen LogP contribution in [0.2, 0.25) is 5.02 Å². The highest BCUT2D eigenvalue weighted by molar-refractivity contribution is 6.30. The second-order valence-electron chi connectivity index (χ2n) is 5.20. The van der Waals surface area contributed by atoms with Crippen molar-refractivity contribution < 1.29 is 14.9 Å². The minimum Gasteiger partial charge on any atom is -0.491 e. The van der Waals surface area contributed by atoms with E-state index in [2.05, 4.69) is 4.98 Å². The van der Waals surface area contributed by atoms with Crippen LogP contribution in [0.3, 0.4) is 0 Å². The number of para-hydroxylation sites is 2. The van der Waals surface area contributed by atoms with Crippen molar-refractivity contribution in [3.05, 3.63) is 59.4 Å². The number of fused-ring (bicyclic) bond motifs is 1. The lowest BCUT2D eigenvalue weighted by atomic mass is 10.3. The lowest BCUT2D eigenvalue weighted by Crippen LogP contribution is -2.24. The minimum absolute atomic E-state index is 0.138. The molecule has 1 atom stereocenters. The molecule has 3 aromatic rings. The highest BCUT2D eigenvalue weighted by Crippen LogP contribution is 2.18. The van der Waals surface area contributed by atoms with Crippen LogP contribution in [0.4, 0.5) is 0 Å². The van der Waals surface area contributed by atoms with Crippen molar-refractivity contribution in [2.45, 2.75) is 19.3 Å². The van der Waals surface area contributed by atoms with E-state index in [9.17, 15) is 10.2 Å². The molecule has 0 spiro atoms. The van der Waals surface area contributed by atoms with Gasteiger partial charge in [-0.25, -0.2) is 4.98 Å². The molecule has 0 saturated heterocycles. The Hall–Kier alpha value is -2.08. The number of ether oxygens (including phenoxy) is 1. The molecular weight excluding hydrogens is 316 g/mol. The van der Waals surface area contributed by atoms with E-state index in [1.165, 1.54) is 0 Å². The summed E-state index contributed by atoms with van der Waals surface area (Å²) in [6, 6.07) is 14.5. The number of rotatable bonds is 6. The Morgan fingerprint density at radius 3 is 2.61 bits per heavy atom. The van der Waals surface area contributed by atoms with E-state index in [4.69, 9.17) is 16.3 Å². The van der Waals surface area contributed by atoms with Gasteiger partial charge in [0.1, 0.15) is 30.9 Å². The van der Waals surface area contributed by atoms with Crippen LogP contribution in [0.15, 0.2) is 48.5 Å². The van der Waals surface area contributed by atoms with Crippen LogP contribution in [-0.2, 0) is 13.2 Å². The topological polar surface area (TPSA) is 67.5 Å². The van der Waals surface area contributed by atoms with Crippen molar-refractivity contribution in [3.8, 4) is 5.75 Å². The van der Waals surface area contributed by atoms with E-state index in [0.717, 1.165) is 11.0 Å². The zero-order valence-corrected chi connectivity index (χ0v) is 13.1. The van der Waals surface area contributed by atoms with Gasteiger partial charge in [-0.1, -0.05) is 23.7 Å². The van der Waals surface area contributed by atoms with Gasteiger partial charge < -0.3 is 19.5 Å². The second kappa shape index (κ2) is 7.00. The Labute approximate surface area is 138 Å². The summed E-state index contributed by atoms with van der Waals surface area (Å²) in [7, 11) is 0. The van der Waals surface area contributed by atoms with Gasteiger partial charge in [0.15, 0.2) is 0 Å². The van der Waals surface area contributed by atoms with Crippen LogP contribution in [0.1, 0.15) is 5.82 Å². The Balaban J connectivity index is 1.70. The summed E-state index contributed by atoms with van der Waals surface area (Å²) >= 11 is 5.82. The number of halogens is 1. The van der Waals surface area contributed by atoms with Crippen LogP contribution in [0, 0.1) is 0 Å². The van der Waals surface area contributed by atoms with Crippen molar-refractivity contribution in [1.29, 1.82) is 0 Å². The number of hydrogen-bond acceptors (Lipinski definition) is 4. The molecule has 5 nitrogen and oxygen atoms in total. The normalized spacial score (nSPS) is 12.5. The molecule has 2 N–H and O–H groups in total.